The van der Waals surface area contributed by atoms with Gasteiger partial charge in [0.25, 0.3) is 0 Å². The zero-order valence-electron chi connectivity index (χ0n) is 6.71. The highest BCUT2D eigenvalue weighted by molar-refractivity contribution is 5.86. The van der Waals surface area contributed by atoms with E-state index < -0.39 is 0 Å². The van der Waals surface area contributed by atoms with Gasteiger partial charge in [0.05, 0.1) is 6.33 Å². The summed E-state index contributed by atoms with van der Waals surface area (Å²) in [4.78, 5) is 17.5. The zero-order chi connectivity index (χ0) is 8.81. The molecule has 0 aliphatic rings. The van der Waals surface area contributed by atoms with Crippen molar-refractivity contribution in [3.63, 3.8) is 0 Å². The third-order valence-electron chi connectivity index (χ3n) is 1.43. The van der Waals surface area contributed by atoms with Crippen LogP contribution in [0.3, 0.4) is 0 Å². The Morgan fingerprint density at radius 2 is 2.67 bits per heavy atom. The largest absolute Gasteiger partial charge is 0.352 e. The fourth-order valence-corrected chi connectivity index (χ4v) is 0.814. The van der Waals surface area contributed by atoms with Crippen LogP contribution in [0.25, 0.3) is 0 Å². The first-order valence-electron chi connectivity index (χ1n) is 3.70. The summed E-state index contributed by atoms with van der Waals surface area (Å²) in [6.45, 7) is 3.95. The molecule has 0 aliphatic heterocycles. The molecule has 0 saturated carbocycles. The lowest BCUT2D eigenvalue weighted by Crippen LogP contribution is -2.23. The first-order chi connectivity index (χ1) is 5.83. The highest BCUT2D eigenvalue weighted by Crippen LogP contribution is 1.89. The van der Waals surface area contributed by atoms with Crippen molar-refractivity contribution in [1.82, 2.24) is 15.3 Å². The Hall–Kier alpha value is -1.58. The first kappa shape index (κ1) is 8.52. The second-order valence-electron chi connectivity index (χ2n) is 2.32. The van der Waals surface area contributed by atoms with Gasteiger partial charge in [0.15, 0.2) is 0 Å². The van der Waals surface area contributed by atoms with Crippen LogP contribution in [-0.2, 0) is 11.2 Å². The molecule has 1 heterocycles. The van der Waals surface area contributed by atoms with E-state index in [1.807, 2.05) is 0 Å². The van der Waals surface area contributed by atoms with Crippen LogP contribution < -0.4 is 5.32 Å². The third kappa shape index (κ3) is 2.57. The Bertz CT molecular complexity index is 253. The van der Waals surface area contributed by atoms with Gasteiger partial charge >= 0.3 is 0 Å². The van der Waals surface area contributed by atoms with Crippen LogP contribution in [0.5, 0.6) is 0 Å². The summed E-state index contributed by atoms with van der Waals surface area (Å²) in [5.41, 5.74) is 1.01. The van der Waals surface area contributed by atoms with Crippen molar-refractivity contribution in [3.8, 4) is 0 Å². The van der Waals surface area contributed by atoms with Gasteiger partial charge in [-0.15, -0.1) is 0 Å². The van der Waals surface area contributed by atoms with Gasteiger partial charge in [0.1, 0.15) is 0 Å². The Morgan fingerprint density at radius 3 is 3.25 bits per heavy atom. The number of hydrogen-bond donors (Lipinski definition) is 2. The number of nitrogens with zero attached hydrogens (tertiary/aromatic N) is 1. The van der Waals surface area contributed by atoms with Crippen LogP contribution in [-0.4, -0.2) is 22.4 Å². The van der Waals surface area contributed by atoms with Gasteiger partial charge in [-0.05, 0) is 6.08 Å². The smallest absolute Gasteiger partial charge is 0.243 e. The lowest BCUT2D eigenvalue weighted by molar-refractivity contribution is -0.116. The van der Waals surface area contributed by atoms with Gasteiger partial charge in [-0.2, -0.15) is 0 Å². The molecule has 0 unspecified atom stereocenters. The van der Waals surface area contributed by atoms with Crippen molar-refractivity contribution in [2.75, 3.05) is 6.54 Å². The second-order valence-corrected chi connectivity index (χ2v) is 2.32. The van der Waals surface area contributed by atoms with Crippen LogP contribution >= 0.6 is 0 Å². The van der Waals surface area contributed by atoms with E-state index in [4.69, 9.17) is 0 Å². The molecular formula is C8H11N3O. The zero-order valence-corrected chi connectivity index (χ0v) is 6.71. The number of aromatic amines is 1. The molecule has 1 aromatic rings. The molecule has 0 atom stereocenters. The van der Waals surface area contributed by atoms with Crippen molar-refractivity contribution >= 4 is 5.91 Å². The van der Waals surface area contributed by atoms with Crippen molar-refractivity contribution in [1.29, 1.82) is 0 Å². The van der Waals surface area contributed by atoms with Crippen LogP contribution in [0, 0.1) is 0 Å². The molecule has 0 bridgehead atoms. The van der Waals surface area contributed by atoms with Crippen molar-refractivity contribution in [3.05, 3.63) is 30.9 Å². The molecule has 2 N–H and O–H groups in total. The summed E-state index contributed by atoms with van der Waals surface area (Å²) >= 11 is 0. The molecule has 4 nitrogen and oxygen atoms in total. The van der Waals surface area contributed by atoms with Gasteiger partial charge in [-0.1, -0.05) is 6.58 Å². The van der Waals surface area contributed by atoms with E-state index in [1.54, 1.807) is 12.5 Å². The highest BCUT2D eigenvalue weighted by Gasteiger charge is 1.95. The highest BCUT2D eigenvalue weighted by atomic mass is 16.1. The predicted octanol–water partition coefficient (Wildman–Crippen LogP) is 0.254. The summed E-state index contributed by atoms with van der Waals surface area (Å²) in [6, 6.07) is 0. The normalized spacial score (nSPS) is 9.33. The maximum atomic E-state index is 10.7. The van der Waals surface area contributed by atoms with Crippen LogP contribution in [0.1, 0.15) is 5.69 Å². The van der Waals surface area contributed by atoms with Crippen LogP contribution in [0.4, 0.5) is 0 Å². The van der Waals surface area contributed by atoms with Gasteiger partial charge in [0, 0.05) is 24.9 Å². The number of H-pyrrole nitrogens is 1. The van der Waals surface area contributed by atoms with E-state index in [-0.39, 0.29) is 5.91 Å². The quantitative estimate of drug-likeness (QED) is 0.628. The molecule has 1 amide bonds. The number of aromatic nitrogens is 2. The Morgan fingerprint density at radius 1 is 1.83 bits per heavy atom. The van der Waals surface area contributed by atoms with Crippen molar-refractivity contribution < 1.29 is 4.79 Å². The first-order valence-corrected chi connectivity index (χ1v) is 3.70. The van der Waals surface area contributed by atoms with E-state index >= 15 is 0 Å². The average Bonchev–Trinajstić information content (AvgIpc) is 2.57. The van der Waals surface area contributed by atoms with E-state index in [0.717, 1.165) is 12.1 Å². The number of carbonyl (C=O) groups excluding carboxylic acids is 1. The van der Waals surface area contributed by atoms with Gasteiger partial charge in [-0.3, -0.25) is 4.79 Å². The Balaban J connectivity index is 2.19. The molecule has 1 aromatic heterocycles. The molecule has 1 rings (SSSR count). The molecule has 0 spiro atoms. The minimum Gasteiger partial charge on any atom is -0.352 e. The van der Waals surface area contributed by atoms with Gasteiger partial charge in [-0.25, -0.2) is 4.98 Å². The number of imidazole rings is 1. The number of hydrogen-bond acceptors (Lipinski definition) is 2. The molecule has 4 heteroatoms. The second kappa shape index (κ2) is 4.33. The summed E-state index contributed by atoms with van der Waals surface area (Å²) in [5.74, 6) is -0.144. The summed E-state index contributed by atoms with van der Waals surface area (Å²) < 4.78 is 0. The maximum Gasteiger partial charge on any atom is 0.243 e. The van der Waals surface area contributed by atoms with Crippen LogP contribution in [0.2, 0.25) is 0 Å². The lowest BCUT2D eigenvalue weighted by Gasteiger charge is -1.98. The molecule has 64 valence electrons. The van der Waals surface area contributed by atoms with E-state index in [1.165, 1.54) is 6.08 Å². The molecule has 0 saturated heterocycles. The maximum absolute atomic E-state index is 10.7. The third-order valence-corrected chi connectivity index (χ3v) is 1.43. The number of carbonyl (C=O) groups is 1. The minimum absolute atomic E-state index is 0.144. The Kier molecular flexibility index (Phi) is 3.07. The predicted molar refractivity (Wildman–Crippen MR) is 45.5 cm³/mol. The van der Waals surface area contributed by atoms with E-state index in [0.29, 0.717) is 6.54 Å². The van der Waals surface area contributed by atoms with E-state index in [9.17, 15) is 4.79 Å². The van der Waals surface area contributed by atoms with Crippen LogP contribution in [0.15, 0.2) is 25.2 Å². The minimum atomic E-state index is -0.144. The fourth-order valence-electron chi connectivity index (χ4n) is 0.814. The SMILES string of the molecule is C=CC(=O)NCCc1cnc[nH]1. The Labute approximate surface area is 70.7 Å². The number of nitrogens with one attached hydrogen (secondary N) is 2. The van der Waals surface area contributed by atoms with Gasteiger partial charge < -0.3 is 10.3 Å². The number of rotatable bonds is 4. The van der Waals surface area contributed by atoms with Crippen molar-refractivity contribution in [2.45, 2.75) is 6.42 Å². The summed E-state index contributed by atoms with van der Waals surface area (Å²) in [6.07, 6.45) is 5.37. The van der Waals surface area contributed by atoms with Gasteiger partial charge in [0.2, 0.25) is 5.91 Å². The molecule has 12 heavy (non-hydrogen) atoms. The monoisotopic (exact) mass is 165 g/mol. The molecular weight excluding hydrogens is 154 g/mol. The fraction of sp³-hybridized carbons (Fsp3) is 0.250. The average molecular weight is 165 g/mol. The van der Waals surface area contributed by atoms with Crippen molar-refractivity contribution in [2.24, 2.45) is 0 Å². The lowest BCUT2D eigenvalue weighted by atomic mass is 10.3. The standard InChI is InChI=1S/C8H11N3O/c1-2-8(12)10-4-3-7-5-9-6-11-7/h2,5-6H,1,3-4H2,(H,9,11)(H,10,12). The summed E-state index contributed by atoms with van der Waals surface area (Å²) in [5, 5.41) is 2.67. The molecule has 0 radical (unpaired) electrons. The number of amides is 1. The molecule has 0 aromatic carbocycles. The topological polar surface area (TPSA) is 57.8 Å². The van der Waals surface area contributed by atoms with E-state index in [2.05, 4.69) is 21.9 Å². The molecule has 0 fully saturated rings. The summed E-state index contributed by atoms with van der Waals surface area (Å²) in [7, 11) is 0. The molecule has 0 aliphatic carbocycles.